The first-order valence-electron chi connectivity index (χ1n) is 5.43. The summed E-state index contributed by atoms with van der Waals surface area (Å²) in [6, 6.07) is 4.93. The summed E-state index contributed by atoms with van der Waals surface area (Å²) < 4.78 is 25.9. The molecule has 0 amide bonds. The molecule has 0 saturated heterocycles. The second-order valence-electron chi connectivity index (χ2n) is 3.78. The summed E-state index contributed by atoms with van der Waals surface area (Å²) >= 11 is 5.80. The molecule has 1 atom stereocenters. The Bertz CT molecular complexity index is 554. The van der Waals surface area contributed by atoms with Crippen LogP contribution in [0.2, 0.25) is 5.15 Å². The van der Waals surface area contributed by atoms with Crippen molar-refractivity contribution in [3.63, 3.8) is 0 Å². The van der Waals surface area contributed by atoms with Crippen molar-refractivity contribution in [2.24, 2.45) is 5.92 Å². The SMILES string of the molecule is CCN(CC(C)C#N)S(=O)(=O)c1cccnc1Cl. The van der Waals surface area contributed by atoms with E-state index in [2.05, 4.69) is 4.98 Å². The zero-order valence-corrected chi connectivity index (χ0v) is 11.7. The van der Waals surface area contributed by atoms with Crippen molar-refractivity contribution in [3.8, 4) is 6.07 Å². The van der Waals surface area contributed by atoms with Crippen LogP contribution in [0.4, 0.5) is 0 Å². The maximum Gasteiger partial charge on any atom is 0.246 e. The van der Waals surface area contributed by atoms with Gasteiger partial charge in [0.25, 0.3) is 0 Å². The molecule has 0 fully saturated rings. The molecule has 7 heteroatoms. The highest BCUT2D eigenvalue weighted by atomic mass is 35.5. The van der Waals surface area contributed by atoms with Crippen molar-refractivity contribution in [1.82, 2.24) is 9.29 Å². The molecule has 0 radical (unpaired) electrons. The quantitative estimate of drug-likeness (QED) is 0.775. The summed E-state index contributed by atoms with van der Waals surface area (Å²) in [7, 11) is -3.70. The first-order valence-corrected chi connectivity index (χ1v) is 7.25. The highest BCUT2D eigenvalue weighted by Crippen LogP contribution is 2.22. The van der Waals surface area contributed by atoms with E-state index in [9.17, 15) is 8.42 Å². The molecule has 0 bridgehead atoms. The molecule has 1 unspecified atom stereocenters. The van der Waals surface area contributed by atoms with E-state index in [1.165, 1.54) is 22.6 Å². The molecule has 0 aliphatic carbocycles. The lowest BCUT2D eigenvalue weighted by Gasteiger charge is -2.21. The molecule has 98 valence electrons. The van der Waals surface area contributed by atoms with E-state index in [4.69, 9.17) is 16.9 Å². The maximum absolute atomic E-state index is 12.3. The van der Waals surface area contributed by atoms with E-state index in [0.29, 0.717) is 0 Å². The monoisotopic (exact) mass is 287 g/mol. The summed E-state index contributed by atoms with van der Waals surface area (Å²) in [5.74, 6) is -0.379. The molecule has 1 heterocycles. The minimum atomic E-state index is -3.70. The lowest BCUT2D eigenvalue weighted by Crippen LogP contribution is -2.34. The van der Waals surface area contributed by atoms with Crippen LogP contribution in [0, 0.1) is 17.2 Å². The fourth-order valence-electron chi connectivity index (χ4n) is 1.45. The summed E-state index contributed by atoms with van der Waals surface area (Å²) in [5, 5.41) is 8.71. The van der Waals surface area contributed by atoms with E-state index in [1.54, 1.807) is 13.8 Å². The molecule has 0 N–H and O–H groups in total. The van der Waals surface area contributed by atoms with Crippen LogP contribution in [0.25, 0.3) is 0 Å². The average molecular weight is 288 g/mol. The highest BCUT2D eigenvalue weighted by molar-refractivity contribution is 7.89. The van der Waals surface area contributed by atoms with E-state index in [1.807, 2.05) is 6.07 Å². The van der Waals surface area contributed by atoms with Crippen LogP contribution in [0.5, 0.6) is 0 Å². The van der Waals surface area contributed by atoms with Gasteiger partial charge in [0.05, 0.1) is 12.0 Å². The van der Waals surface area contributed by atoms with Crippen molar-refractivity contribution in [2.45, 2.75) is 18.7 Å². The van der Waals surface area contributed by atoms with Crippen LogP contribution in [-0.2, 0) is 10.0 Å². The second-order valence-corrected chi connectivity index (χ2v) is 6.04. The van der Waals surface area contributed by atoms with E-state index in [0.717, 1.165) is 0 Å². The van der Waals surface area contributed by atoms with Gasteiger partial charge in [-0.2, -0.15) is 9.57 Å². The van der Waals surface area contributed by atoms with Gasteiger partial charge in [-0.3, -0.25) is 0 Å². The Kier molecular flexibility index (Phi) is 5.08. The summed E-state index contributed by atoms with van der Waals surface area (Å²) in [4.78, 5) is 3.73. The number of nitriles is 1. The largest absolute Gasteiger partial charge is 0.246 e. The number of aromatic nitrogens is 1. The van der Waals surface area contributed by atoms with Crippen molar-refractivity contribution >= 4 is 21.6 Å². The maximum atomic E-state index is 12.3. The Balaban J connectivity index is 3.13. The minimum absolute atomic E-state index is 0.0290. The van der Waals surface area contributed by atoms with Gasteiger partial charge in [0, 0.05) is 19.3 Å². The standard InChI is InChI=1S/C11H14ClN3O2S/c1-3-15(8-9(2)7-13)18(16,17)10-5-4-6-14-11(10)12/h4-6,9H,3,8H2,1-2H3. The Morgan fingerprint density at radius 1 is 1.61 bits per heavy atom. The molecule has 0 spiro atoms. The molecule has 0 saturated carbocycles. The predicted octanol–water partition coefficient (Wildman–Crippen LogP) is 1.91. The molecular formula is C11H14ClN3O2S. The van der Waals surface area contributed by atoms with Gasteiger partial charge >= 0.3 is 0 Å². The highest BCUT2D eigenvalue weighted by Gasteiger charge is 2.27. The van der Waals surface area contributed by atoms with Crippen molar-refractivity contribution in [3.05, 3.63) is 23.5 Å². The van der Waals surface area contributed by atoms with Gasteiger partial charge in [-0.25, -0.2) is 13.4 Å². The first-order chi connectivity index (χ1) is 8.43. The Labute approximate surface area is 112 Å². The fourth-order valence-corrected chi connectivity index (χ4v) is 3.41. The zero-order valence-electron chi connectivity index (χ0n) is 10.2. The smallest absolute Gasteiger partial charge is 0.243 e. The lowest BCUT2D eigenvalue weighted by molar-refractivity contribution is 0.399. The molecule has 0 aliphatic rings. The molecule has 5 nitrogen and oxygen atoms in total. The van der Waals surface area contributed by atoms with Gasteiger partial charge in [-0.1, -0.05) is 18.5 Å². The molecule has 0 aromatic carbocycles. The average Bonchev–Trinajstić information content (AvgIpc) is 2.35. The third kappa shape index (κ3) is 3.19. The van der Waals surface area contributed by atoms with Crippen LogP contribution in [-0.4, -0.2) is 30.8 Å². The number of nitrogens with zero attached hydrogens (tertiary/aromatic N) is 3. The van der Waals surface area contributed by atoms with E-state index in [-0.39, 0.29) is 29.1 Å². The van der Waals surface area contributed by atoms with Gasteiger partial charge in [0.15, 0.2) is 0 Å². The number of hydrogen-bond acceptors (Lipinski definition) is 4. The fraction of sp³-hybridized carbons (Fsp3) is 0.455. The van der Waals surface area contributed by atoms with Crippen LogP contribution in [0.15, 0.2) is 23.2 Å². The van der Waals surface area contributed by atoms with E-state index >= 15 is 0 Å². The minimum Gasteiger partial charge on any atom is -0.243 e. The van der Waals surface area contributed by atoms with Gasteiger partial charge in [0.2, 0.25) is 10.0 Å². The second kappa shape index (κ2) is 6.14. The van der Waals surface area contributed by atoms with Crippen LogP contribution >= 0.6 is 11.6 Å². The van der Waals surface area contributed by atoms with Gasteiger partial charge in [-0.05, 0) is 19.1 Å². The molecule has 1 rings (SSSR count). The lowest BCUT2D eigenvalue weighted by atomic mass is 10.2. The summed E-state index contributed by atoms with van der Waals surface area (Å²) in [6.07, 6.45) is 1.43. The predicted molar refractivity (Wildman–Crippen MR) is 68.5 cm³/mol. The molecular weight excluding hydrogens is 274 g/mol. The van der Waals surface area contributed by atoms with Crippen LogP contribution in [0.1, 0.15) is 13.8 Å². The van der Waals surface area contributed by atoms with E-state index < -0.39 is 10.0 Å². The first kappa shape index (κ1) is 14.9. The van der Waals surface area contributed by atoms with Crippen LogP contribution < -0.4 is 0 Å². The summed E-state index contributed by atoms with van der Waals surface area (Å²) in [6.45, 7) is 3.80. The van der Waals surface area contributed by atoms with Gasteiger partial charge in [0.1, 0.15) is 10.0 Å². The Hall–Kier alpha value is -1.16. The zero-order chi connectivity index (χ0) is 13.8. The molecule has 18 heavy (non-hydrogen) atoms. The third-order valence-corrected chi connectivity index (χ3v) is 4.78. The Morgan fingerprint density at radius 3 is 2.78 bits per heavy atom. The normalized spacial score (nSPS) is 13.3. The molecule has 1 aromatic rings. The van der Waals surface area contributed by atoms with Gasteiger partial charge < -0.3 is 0 Å². The van der Waals surface area contributed by atoms with Gasteiger partial charge in [-0.15, -0.1) is 0 Å². The number of rotatable bonds is 5. The number of halogens is 1. The molecule has 0 aliphatic heterocycles. The van der Waals surface area contributed by atoms with Crippen molar-refractivity contribution < 1.29 is 8.42 Å². The van der Waals surface area contributed by atoms with Crippen LogP contribution in [0.3, 0.4) is 0 Å². The van der Waals surface area contributed by atoms with Crippen molar-refractivity contribution in [2.75, 3.05) is 13.1 Å². The summed E-state index contributed by atoms with van der Waals surface area (Å²) in [5.41, 5.74) is 0. The molecule has 1 aromatic heterocycles. The third-order valence-electron chi connectivity index (χ3n) is 2.39. The topological polar surface area (TPSA) is 74.1 Å². The number of pyridine rings is 1. The number of hydrogen-bond donors (Lipinski definition) is 0. The van der Waals surface area contributed by atoms with Crippen molar-refractivity contribution in [1.29, 1.82) is 5.26 Å². The number of sulfonamides is 1. The Morgan fingerprint density at radius 2 is 2.28 bits per heavy atom.